The monoisotopic (exact) mass is 399 g/mol. The zero-order valence-electron chi connectivity index (χ0n) is 15.3. The molecule has 0 aliphatic carbocycles. The van der Waals surface area contributed by atoms with Crippen molar-refractivity contribution in [3.05, 3.63) is 75.1 Å². The van der Waals surface area contributed by atoms with E-state index in [1.807, 2.05) is 13.8 Å². The van der Waals surface area contributed by atoms with Crippen molar-refractivity contribution in [2.45, 2.75) is 13.8 Å². The van der Waals surface area contributed by atoms with Crippen LogP contribution in [-0.4, -0.2) is 18.4 Å². The molecule has 6 nitrogen and oxygen atoms in total. The number of carbonyl (C=O) groups is 2. The summed E-state index contributed by atoms with van der Waals surface area (Å²) in [6.07, 6.45) is 0. The van der Waals surface area contributed by atoms with Crippen molar-refractivity contribution in [2.24, 2.45) is 5.92 Å². The summed E-state index contributed by atoms with van der Waals surface area (Å²) >= 11 is 5.99. The lowest BCUT2D eigenvalue weighted by atomic mass is 10.1. The fourth-order valence-electron chi connectivity index (χ4n) is 2.49. The van der Waals surface area contributed by atoms with E-state index in [1.165, 1.54) is 12.1 Å². The quantitative estimate of drug-likeness (QED) is 0.397. The predicted molar refractivity (Wildman–Crippen MR) is 106 cm³/mol. The van der Waals surface area contributed by atoms with E-state index in [9.17, 15) is 14.4 Å². The SMILES string of the molecule is CC(C)CNC(=O)c1cc2ccc(OC(=O)c3ccccc3Cl)cc2oc1=O. The van der Waals surface area contributed by atoms with Crippen LogP contribution >= 0.6 is 11.6 Å². The Morgan fingerprint density at radius 3 is 2.57 bits per heavy atom. The molecule has 7 heteroatoms. The molecule has 3 aromatic rings. The summed E-state index contributed by atoms with van der Waals surface area (Å²) in [6.45, 7) is 4.36. The number of amides is 1. The van der Waals surface area contributed by atoms with Crippen LogP contribution in [0.5, 0.6) is 5.75 Å². The number of nitrogens with one attached hydrogen (secondary N) is 1. The Morgan fingerprint density at radius 1 is 1.11 bits per heavy atom. The van der Waals surface area contributed by atoms with Gasteiger partial charge in [0.05, 0.1) is 10.6 Å². The zero-order chi connectivity index (χ0) is 20.3. The van der Waals surface area contributed by atoms with Gasteiger partial charge in [-0.1, -0.05) is 37.6 Å². The lowest BCUT2D eigenvalue weighted by molar-refractivity contribution is 0.0735. The molecular weight excluding hydrogens is 382 g/mol. The van der Waals surface area contributed by atoms with Gasteiger partial charge in [0, 0.05) is 18.0 Å². The Balaban J connectivity index is 1.85. The summed E-state index contributed by atoms with van der Waals surface area (Å²) < 4.78 is 10.5. The standard InChI is InChI=1S/C21H18ClNO5/c1-12(2)11-23-19(24)16-9-13-7-8-14(10-18(13)28-21(16)26)27-20(25)15-5-3-4-6-17(15)22/h3-10,12H,11H2,1-2H3,(H,23,24). The first-order chi connectivity index (χ1) is 13.3. The smallest absolute Gasteiger partial charge is 0.349 e. The van der Waals surface area contributed by atoms with Gasteiger partial charge in [-0.2, -0.15) is 0 Å². The van der Waals surface area contributed by atoms with Gasteiger partial charge in [-0.25, -0.2) is 9.59 Å². The van der Waals surface area contributed by atoms with Gasteiger partial charge in [0.25, 0.3) is 5.91 Å². The highest BCUT2D eigenvalue weighted by Gasteiger charge is 2.16. The van der Waals surface area contributed by atoms with Crippen LogP contribution in [0, 0.1) is 5.92 Å². The maximum atomic E-state index is 12.3. The second-order valence-corrected chi connectivity index (χ2v) is 7.03. The van der Waals surface area contributed by atoms with Gasteiger partial charge >= 0.3 is 11.6 Å². The van der Waals surface area contributed by atoms with Crippen LogP contribution in [0.15, 0.2) is 57.7 Å². The molecule has 0 saturated carbocycles. The molecule has 0 spiro atoms. The van der Waals surface area contributed by atoms with E-state index >= 15 is 0 Å². The van der Waals surface area contributed by atoms with E-state index < -0.39 is 17.5 Å². The highest BCUT2D eigenvalue weighted by Crippen LogP contribution is 2.23. The van der Waals surface area contributed by atoms with Crippen LogP contribution in [0.1, 0.15) is 34.6 Å². The molecule has 0 atom stereocenters. The molecule has 2 aromatic carbocycles. The molecule has 0 bridgehead atoms. The normalized spacial score (nSPS) is 10.9. The Labute approximate surface area is 166 Å². The van der Waals surface area contributed by atoms with Crippen LogP contribution in [0.3, 0.4) is 0 Å². The van der Waals surface area contributed by atoms with Gasteiger partial charge in [-0.15, -0.1) is 0 Å². The molecule has 0 unspecified atom stereocenters. The van der Waals surface area contributed by atoms with Gasteiger partial charge in [0.15, 0.2) is 0 Å². The molecule has 28 heavy (non-hydrogen) atoms. The van der Waals surface area contributed by atoms with E-state index in [0.29, 0.717) is 11.9 Å². The molecule has 0 aliphatic heterocycles. The average Bonchev–Trinajstić information content (AvgIpc) is 2.65. The molecule has 1 N–H and O–H groups in total. The van der Waals surface area contributed by atoms with Crippen LogP contribution in [-0.2, 0) is 0 Å². The van der Waals surface area contributed by atoms with Crippen molar-refractivity contribution >= 4 is 34.4 Å². The van der Waals surface area contributed by atoms with E-state index in [-0.39, 0.29) is 33.4 Å². The molecule has 0 radical (unpaired) electrons. The van der Waals surface area contributed by atoms with Gasteiger partial charge in [0.2, 0.25) is 0 Å². The average molecular weight is 400 g/mol. The number of benzene rings is 2. The van der Waals surface area contributed by atoms with Crippen LogP contribution < -0.4 is 15.7 Å². The second kappa shape index (κ2) is 8.27. The number of halogens is 1. The third-order valence-electron chi connectivity index (χ3n) is 3.93. The first kappa shape index (κ1) is 19.6. The summed E-state index contributed by atoms with van der Waals surface area (Å²) in [6, 6.07) is 12.5. The first-order valence-corrected chi connectivity index (χ1v) is 9.06. The maximum Gasteiger partial charge on any atom is 0.349 e. The third kappa shape index (κ3) is 4.40. The Hall–Kier alpha value is -3.12. The van der Waals surface area contributed by atoms with Gasteiger partial charge < -0.3 is 14.5 Å². The highest BCUT2D eigenvalue weighted by molar-refractivity contribution is 6.33. The molecule has 1 amide bonds. The molecule has 1 aromatic heterocycles. The lowest BCUT2D eigenvalue weighted by Crippen LogP contribution is -2.31. The molecule has 1 heterocycles. The summed E-state index contributed by atoms with van der Waals surface area (Å²) in [5.74, 6) is -0.667. The summed E-state index contributed by atoms with van der Waals surface area (Å²) in [5.41, 5.74) is -0.407. The Morgan fingerprint density at radius 2 is 1.86 bits per heavy atom. The minimum atomic E-state index is -0.761. The predicted octanol–water partition coefficient (Wildman–Crippen LogP) is 4.05. The van der Waals surface area contributed by atoms with Crippen molar-refractivity contribution < 1.29 is 18.7 Å². The summed E-state index contributed by atoms with van der Waals surface area (Å²) in [7, 11) is 0. The van der Waals surface area contributed by atoms with Crippen molar-refractivity contribution in [2.75, 3.05) is 6.54 Å². The maximum absolute atomic E-state index is 12.3. The molecule has 0 aliphatic rings. The topological polar surface area (TPSA) is 85.6 Å². The van der Waals surface area contributed by atoms with Crippen molar-refractivity contribution in [3.8, 4) is 5.75 Å². The van der Waals surface area contributed by atoms with E-state index in [0.717, 1.165) is 0 Å². The number of esters is 1. The Bertz CT molecular complexity index is 1100. The number of hydrogen-bond donors (Lipinski definition) is 1. The van der Waals surface area contributed by atoms with E-state index in [2.05, 4.69) is 5.32 Å². The molecule has 144 valence electrons. The van der Waals surface area contributed by atoms with Gasteiger partial charge in [-0.3, -0.25) is 4.79 Å². The van der Waals surface area contributed by atoms with Crippen molar-refractivity contribution in [1.82, 2.24) is 5.32 Å². The number of carbonyl (C=O) groups excluding carboxylic acids is 2. The number of ether oxygens (including phenoxy) is 1. The fraction of sp³-hybridized carbons (Fsp3) is 0.190. The van der Waals surface area contributed by atoms with E-state index in [1.54, 1.807) is 36.4 Å². The van der Waals surface area contributed by atoms with Crippen molar-refractivity contribution in [3.63, 3.8) is 0 Å². The van der Waals surface area contributed by atoms with E-state index in [4.69, 9.17) is 20.8 Å². The van der Waals surface area contributed by atoms with Gasteiger partial charge in [-0.05, 0) is 36.2 Å². The molecular formula is C21H18ClNO5. The Kier molecular flexibility index (Phi) is 5.80. The van der Waals surface area contributed by atoms with Gasteiger partial charge in [0.1, 0.15) is 16.9 Å². The third-order valence-corrected chi connectivity index (χ3v) is 4.26. The fourth-order valence-corrected chi connectivity index (χ4v) is 2.71. The minimum Gasteiger partial charge on any atom is -0.423 e. The summed E-state index contributed by atoms with van der Waals surface area (Å²) in [5, 5.41) is 3.49. The number of fused-ring (bicyclic) bond motifs is 1. The van der Waals surface area contributed by atoms with Crippen molar-refractivity contribution in [1.29, 1.82) is 0 Å². The number of hydrogen-bond acceptors (Lipinski definition) is 5. The van der Waals surface area contributed by atoms with Crippen LogP contribution in [0.4, 0.5) is 0 Å². The zero-order valence-corrected chi connectivity index (χ0v) is 16.1. The first-order valence-electron chi connectivity index (χ1n) is 8.68. The highest BCUT2D eigenvalue weighted by atomic mass is 35.5. The summed E-state index contributed by atoms with van der Waals surface area (Å²) in [4.78, 5) is 36.6. The second-order valence-electron chi connectivity index (χ2n) is 6.62. The molecule has 0 saturated heterocycles. The van der Waals surface area contributed by atoms with Crippen LogP contribution in [0.25, 0.3) is 11.0 Å². The minimum absolute atomic E-state index is 0.0750. The lowest BCUT2D eigenvalue weighted by Gasteiger charge is -2.08. The molecule has 0 fully saturated rings. The largest absolute Gasteiger partial charge is 0.423 e. The van der Waals surface area contributed by atoms with Crippen LogP contribution in [0.2, 0.25) is 5.02 Å². The number of rotatable bonds is 5. The molecule has 3 rings (SSSR count).